The molecule has 0 aromatic heterocycles. The minimum atomic E-state index is -3.74. The molecule has 0 spiro atoms. The van der Waals surface area contributed by atoms with E-state index in [0.29, 0.717) is 0 Å². The van der Waals surface area contributed by atoms with Gasteiger partial charge in [0.2, 0.25) is 0 Å². The molecule has 0 aliphatic carbocycles. The van der Waals surface area contributed by atoms with Gasteiger partial charge in [-0.1, -0.05) is 11.6 Å². The van der Waals surface area contributed by atoms with E-state index in [0.717, 1.165) is 12.3 Å². The molecule has 9 heteroatoms. The van der Waals surface area contributed by atoms with E-state index < -0.39 is 25.6 Å². The molecule has 0 aliphatic rings. The molecule has 0 aliphatic heterocycles. The molecule has 20 heavy (non-hydrogen) atoms. The summed E-state index contributed by atoms with van der Waals surface area (Å²) in [5.74, 6) is -1.95. The number of rotatable bonds is 6. The number of carboxylic acids is 1. The molecule has 0 atom stereocenters. The Kier molecular flexibility index (Phi) is 5.17. The van der Waals surface area contributed by atoms with E-state index in [4.69, 9.17) is 16.7 Å². The van der Waals surface area contributed by atoms with Crippen molar-refractivity contribution in [3.8, 4) is 0 Å². The minimum Gasteiger partial charge on any atom is -0.478 e. The van der Waals surface area contributed by atoms with Gasteiger partial charge in [-0.15, -0.1) is 0 Å². The van der Waals surface area contributed by atoms with Crippen LogP contribution in [-0.2, 0) is 19.7 Å². The molecule has 0 saturated carbocycles. The van der Waals surface area contributed by atoms with Gasteiger partial charge in [0.05, 0.1) is 27.0 Å². The Morgan fingerprint density at radius 3 is 2.30 bits per heavy atom. The van der Waals surface area contributed by atoms with Crippen LogP contribution in [0.3, 0.4) is 0 Å². The van der Waals surface area contributed by atoms with Crippen LogP contribution in [0.5, 0.6) is 0 Å². The topological polar surface area (TPSA) is 106 Å². The Bertz CT molecular complexity index is 721. The molecule has 1 rings (SSSR count). The summed E-state index contributed by atoms with van der Waals surface area (Å²) >= 11 is 5.65. The number of carboxylic acid groups (broad SMARTS) is 1. The van der Waals surface area contributed by atoms with E-state index in [1.54, 1.807) is 0 Å². The fraction of sp³-hybridized carbons (Fsp3) is 0.364. The number of carbonyl (C=O) groups is 1. The maximum atomic E-state index is 12.0. The molecule has 0 radical (unpaired) electrons. The zero-order chi connectivity index (χ0) is 15.6. The van der Waals surface area contributed by atoms with Crippen LogP contribution in [0.15, 0.2) is 23.1 Å². The molecule has 0 bridgehead atoms. The molecule has 1 aromatic carbocycles. The Hall–Kier alpha value is -1.12. The Labute approximate surface area is 122 Å². The first-order valence-electron chi connectivity index (χ1n) is 5.46. The van der Waals surface area contributed by atoms with Crippen LogP contribution >= 0.6 is 11.6 Å². The maximum absolute atomic E-state index is 12.0. The largest absolute Gasteiger partial charge is 0.478 e. The molecular weight excluding hydrogens is 328 g/mol. The van der Waals surface area contributed by atoms with Crippen molar-refractivity contribution in [2.75, 3.05) is 17.8 Å². The lowest BCUT2D eigenvalue weighted by Gasteiger charge is -2.06. The van der Waals surface area contributed by atoms with Gasteiger partial charge in [0.1, 0.15) is 9.84 Å². The molecule has 6 nitrogen and oxygen atoms in total. The second kappa shape index (κ2) is 6.11. The SMILES string of the molecule is CS(=O)(=O)CCCS(=O)(=O)c1ccc(Cl)c(C(=O)O)c1. The first-order valence-corrected chi connectivity index (χ1v) is 9.55. The van der Waals surface area contributed by atoms with Crippen molar-refractivity contribution >= 4 is 37.2 Å². The summed E-state index contributed by atoms with van der Waals surface area (Å²) in [5, 5.41) is 8.82. The van der Waals surface area contributed by atoms with Crippen molar-refractivity contribution in [2.24, 2.45) is 0 Å². The molecule has 1 aromatic rings. The van der Waals surface area contributed by atoms with Gasteiger partial charge in [-0.3, -0.25) is 0 Å². The summed E-state index contributed by atoms with van der Waals surface area (Å²) in [7, 11) is -6.98. The summed E-state index contributed by atoms with van der Waals surface area (Å²) in [5.41, 5.74) is -0.309. The van der Waals surface area contributed by atoms with E-state index in [1.807, 2.05) is 0 Å². The van der Waals surface area contributed by atoms with Gasteiger partial charge in [0, 0.05) is 6.26 Å². The number of hydrogen-bond donors (Lipinski definition) is 1. The monoisotopic (exact) mass is 340 g/mol. The lowest BCUT2D eigenvalue weighted by molar-refractivity contribution is 0.0697. The summed E-state index contributed by atoms with van der Waals surface area (Å²) in [6.07, 6.45) is 0.969. The standard InChI is InChI=1S/C11H13ClO6S2/c1-19(15,16)5-2-6-20(17,18)8-3-4-10(12)9(7-8)11(13)14/h3-4,7H,2,5-6H2,1H3,(H,13,14). The zero-order valence-electron chi connectivity index (χ0n) is 10.5. The number of halogens is 1. The van der Waals surface area contributed by atoms with Crippen molar-refractivity contribution < 1.29 is 26.7 Å². The fourth-order valence-corrected chi connectivity index (χ4v) is 3.87. The fourth-order valence-electron chi connectivity index (χ4n) is 1.49. The van der Waals surface area contributed by atoms with Gasteiger partial charge in [0.25, 0.3) is 0 Å². The molecule has 0 heterocycles. The summed E-state index contributed by atoms with van der Waals surface area (Å²) in [6, 6.07) is 3.36. The van der Waals surface area contributed by atoms with Crippen molar-refractivity contribution in [1.82, 2.24) is 0 Å². The molecule has 0 fully saturated rings. The molecule has 1 N–H and O–H groups in total. The predicted molar refractivity (Wildman–Crippen MR) is 74.8 cm³/mol. The predicted octanol–water partition coefficient (Wildman–Crippen LogP) is 1.25. The van der Waals surface area contributed by atoms with Crippen molar-refractivity contribution in [2.45, 2.75) is 11.3 Å². The van der Waals surface area contributed by atoms with E-state index >= 15 is 0 Å². The van der Waals surface area contributed by atoms with Crippen LogP contribution in [0.4, 0.5) is 0 Å². The van der Waals surface area contributed by atoms with E-state index in [1.165, 1.54) is 12.1 Å². The van der Waals surface area contributed by atoms with Crippen LogP contribution in [0.1, 0.15) is 16.8 Å². The summed E-state index contributed by atoms with van der Waals surface area (Å²) in [4.78, 5) is 10.7. The Balaban J connectivity index is 2.99. The first kappa shape index (κ1) is 16.9. The number of benzene rings is 1. The van der Waals surface area contributed by atoms with Gasteiger partial charge < -0.3 is 5.11 Å². The number of sulfone groups is 2. The number of hydrogen-bond acceptors (Lipinski definition) is 5. The van der Waals surface area contributed by atoms with Gasteiger partial charge in [-0.2, -0.15) is 0 Å². The van der Waals surface area contributed by atoms with Crippen molar-refractivity contribution in [3.05, 3.63) is 28.8 Å². The summed E-state index contributed by atoms with van der Waals surface area (Å²) in [6.45, 7) is 0. The van der Waals surface area contributed by atoms with Crippen LogP contribution in [0, 0.1) is 0 Å². The van der Waals surface area contributed by atoms with E-state index in [2.05, 4.69) is 0 Å². The molecule has 0 unspecified atom stereocenters. The van der Waals surface area contributed by atoms with Crippen molar-refractivity contribution in [3.63, 3.8) is 0 Å². The highest BCUT2D eigenvalue weighted by molar-refractivity contribution is 7.92. The minimum absolute atomic E-state index is 0.0494. The molecular formula is C11H13ClO6S2. The molecule has 112 valence electrons. The smallest absolute Gasteiger partial charge is 0.337 e. The van der Waals surface area contributed by atoms with E-state index in [9.17, 15) is 21.6 Å². The third kappa shape index (κ3) is 4.77. The third-order valence-electron chi connectivity index (χ3n) is 2.46. The highest BCUT2D eigenvalue weighted by Gasteiger charge is 2.19. The van der Waals surface area contributed by atoms with Crippen LogP contribution in [0.2, 0.25) is 5.02 Å². The van der Waals surface area contributed by atoms with Gasteiger partial charge in [-0.05, 0) is 24.6 Å². The average molecular weight is 341 g/mol. The highest BCUT2D eigenvalue weighted by atomic mass is 35.5. The third-order valence-corrected chi connectivity index (χ3v) is 5.61. The van der Waals surface area contributed by atoms with E-state index in [-0.39, 0.29) is 33.4 Å². The first-order chi connectivity index (χ1) is 9.03. The van der Waals surface area contributed by atoms with Crippen LogP contribution in [0.25, 0.3) is 0 Å². The second-order valence-electron chi connectivity index (χ2n) is 4.25. The second-order valence-corrected chi connectivity index (χ2v) is 9.03. The van der Waals surface area contributed by atoms with Crippen LogP contribution in [-0.4, -0.2) is 45.7 Å². The van der Waals surface area contributed by atoms with Gasteiger partial charge >= 0.3 is 5.97 Å². The Morgan fingerprint density at radius 2 is 1.80 bits per heavy atom. The van der Waals surface area contributed by atoms with Gasteiger partial charge in [0.15, 0.2) is 9.84 Å². The molecule has 0 amide bonds. The van der Waals surface area contributed by atoms with Crippen molar-refractivity contribution in [1.29, 1.82) is 0 Å². The van der Waals surface area contributed by atoms with Gasteiger partial charge in [-0.25, -0.2) is 21.6 Å². The normalized spacial score (nSPS) is 12.3. The number of aromatic carboxylic acids is 1. The molecule has 0 saturated heterocycles. The summed E-state index contributed by atoms with van der Waals surface area (Å²) < 4.78 is 45.9. The Morgan fingerprint density at radius 1 is 1.20 bits per heavy atom. The zero-order valence-corrected chi connectivity index (χ0v) is 12.9. The van der Waals surface area contributed by atoms with Crippen LogP contribution < -0.4 is 0 Å². The quantitative estimate of drug-likeness (QED) is 0.835. The lowest BCUT2D eigenvalue weighted by Crippen LogP contribution is -2.13. The average Bonchev–Trinajstić information content (AvgIpc) is 2.26. The highest BCUT2D eigenvalue weighted by Crippen LogP contribution is 2.21. The lowest BCUT2D eigenvalue weighted by atomic mass is 10.2. The maximum Gasteiger partial charge on any atom is 0.337 e.